The Bertz CT molecular complexity index is 423. The van der Waals surface area contributed by atoms with Gasteiger partial charge in [0.25, 0.3) is 0 Å². The number of nitrogens with zero attached hydrogens (tertiary/aromatic N) is 1. The molecule has 1 aliphatic heterocycles. The molecule has 1 N–H and O–H groups in total. The maximum absolute atomic E-state index is 5.86. The third-order valence-corrected chi connectivity index (χ3v) is 5.67. The van der Waals surface area contributed by atoms with Crippen LogP contribution in [0.25, 0.3) is 0 Å². The van der Waals surface area contributed by atoms with Gasteiger partial charge in [0.05, 0.1) is 12.3 Å². The Morgan fingerprint density at radius 3 is 2.89 bits per heavy atom. The normalized spacial score (nSPS) is 24.1. The molecular formula is C14H22N2OS2. The molecule has 2 fully saturated rings. The van der Waals surface area contributed by atoms with Crippen LogP contribution in [0.15, 0.2) is 0 Å². The highest BCUT2D eigenvalue weighted by atomic mass is 32.2. The molecule has 2 heterocycles. The van der Waals surface area contributed by atoms with Crippen LogP contribution in [0.1, 0.15) is 54.3 Å². The van der Waals surface area contributed by atoms with Crippen LogP contribution in [0.4, 0.5) is 0 Å². The minimum atomic E-state index is 0.218. The van der Waals surface area contributed by atoms with Gasteiger partial charge in [0.15, 0.2) is 0 Å². The molecular weight excluding hydrogens is 276 g/mol. The van der Waals surface area contributed by atoms with E-state index in [1.165, 1.54) is 28.4 Å². The van der Waals surface area contributed by atoms with Crippen LogP contribution in [0.2, 0.25) is 0 Å². The lowest BCUT2D eigenvalue weighted by Crippen LogP contribution is -2.15. The van der Waals surface area contributed by atoms with Gasteiger partial charge in [-0.3, -0.25) is 0 Å². The highest BCUT2D eigenvalue weighted by Crippen LogP contribution is 2.34. The van der Waals surface area contributed by atoms with Crippen LogP contribution in [-0.4, -0.2) is 29.1 Å². The fourth-order valence-electron chi connectivity index (χ4n) is 2.25. The number of thiazole rings is 1. The number of nitrogens with one attached hydrogen (secondary N) is 1. The van der Waals surface area contributed by atoms with Crippen molar-refractivity contribution in [1.82, 2.24) is 10.3 Å². The second-order valence-electron chi connectivity index (χ2n) is 5.60. The summed E-state index contributed by atoms with van der Waals surface area (Å²) in [4.78, 5) is 6.28. The molecule has 5 heteroatoms. The highest BCUT2D eigenvalue weighted by molar-refractivity contribution is 7.99. The summed E-state index contributed by atoms with van der Waals surface area (Å²) in [5, 5.41) is 4.79. The van der Waals surface area contributed by atoms with Crippen molar-refractivity contribution in [2.45, 2.75) is 51.3 Å². The first-order chi connectivity index (χ1) is 9.24. The molecule has 0 spiro atoms. The SMILES string of the molecule is CC(C)c1nc(C2CSCCO2)sc1CNC1CC1. The molecule has 1 aliphatic carbocycles. The van der Waals surface area contributed by atoms with E-state index in [1.807, 2.05) is 23.1 Å². The molecule has 1 unspecified atom stereocenters. The second-order valence-corrected chi connectivity index (χ2v) is 7.87. The predicted molar refractivity (Wildman–Crippen MR) is 82.1 cm³/mol. The molecule has 0 radical (unpaired) electrons. The zero-order chi connectivity index (χ0) is 13.2. The highest BCUT2D eigenvalue weighted by Gasteiger charge is 2.25. The molecule has 3 nitrogen and oxygen atoms in total. The standard InChI is InChI=1S/C14H22N2OS2/c1-9(2)13-12(7-15-10-3-4-10)19-14(16-13)11-8-18-6-5-17-11/h9-11,15H,3-8H2,1-2H3. The molecule has 0 bridgehead atoms. The molecule has 1 aromatic rings. The second kappa shape index (κ2) is 6.12. The maximum Gasteiger partial charge on any atom is 0.123 e. The van der Waals surface area contributed by atoms with Gasteiger partial charge in [0, 0.05) is 29.0 Å². The summed E-state index contributed by atoms with van der Waals surface area (Å²) in [6.07, 6.45) is 2.90. The van der Waals surface area contributed by atoms with Crippen LogP contribution in [0, 0.1) is 0 Å². The topological polar surface area (TPSA) is 34.1 Å². The Hall–Kier alpha value is -0.100. The summed E-state index contributed by atoms with van der Waals surface area (Å²) < 4.78 is 5.86. The van der Waals surface area contributed by atoms with Crippen molar-refractivity contribution in [3.63, 3.8) is 0 Å². The number of thioether (sulfide) groups is 1. The van der Waals surface area contributed by atoms with E-state index in [2.05, 4.69) is 19.2 Å². The summed E-state index contributed by atoms with van der Waals surface area (Å²) in [6, 6.07) is 0.757. The van der Waals surface area contributed by atoms with Crippen molar-refractivity contribution in [2.24, 2.45) is 0 Å². The smallest absolute Gasteiger partial charge is 0.123 e. The maximum atomic E-state index is 5.86. The van der Waals surface area contributed by atoms with E-state index in [-0.39, 0.29) is 6.10 Å². The number of ether oxygens (including phenoxy) is 1. The minimum Gasteiger partial charge on any atom is -0.369 e. The van der Waals surface area contributed by atoms with Gasteiger partial charge in [0.2, 0.25) is 0 Å². The lowest BCUT2D eigenvalue weighted by molar-refractivity contribution is 0.0754. The summed E-state index contributed by atoms with van der Waals surface area (Å²) >= 11 is 3.83. The van der Waals surface area contributed by atoms with Gasteiger partial charge in [-0.1, -0.05) is 13.8 Å². The Kier molecular flexibility index (Phi) is 4.47. The van der Waals surface area contributed by atoms with Gasteiger partial charge in [-0.05, 0) is 18.8 Å². The summed E-state index contributed by atoms with van der Waals surface area (Å²) in [5.41, 5.74) is 1.27. The number of hydrogen-bond donors (Lipinski definition) is 1. The molecule has 1 aromatic heterocycles. The summed E-state index contributed by atoms with van der Waals surface area (Å²) in [6.45, 7) is 6.31. The molecule has 2 aliphatic rings. The zero-order valence-electron chi connectivity index (χ0n) is 11.6. The average Bonchev–Trinajstić information content (AvgIpc) is 3.15. The largest absolute Gasteiger partial charge is 0.369 e. The monoisotopic (exact) mass is 298 g/mol. The van der Waals surface area contributed by atoms with E-state index in [0.29, 0.717) is 5.92 Å². The van der Waals surface area contributed by atoms with Crippen molar-refractivity contribution >= 4 is 23.1 Å². The van der Waals surface area contributed by atoms with Crippen LogP contribution in [-0.2, 0) is 11.3 Å². The van der Waals surface area contributed by atoms with Gasteiger partial charge in [-0.15, -0.1) is 11.3 Å². The summed E-state index contributed by atoms with van der Waals surface area (Å²) in [7, 11) is 0. The Balaban J connectivity index is 1.74. The summed E-state index contributed by atoms with van der Waals surface area (Å²) in [5.74, 6) is 2.67. The first-order valence-corrected chi connectivity index (χ1v) is 9.13. The molecule has 1 saturated carbocycles. The number of hydrogen-bond acceptors (Lipinski definition) is 5. The minimum absolute atomic E-state index is 0.218. The van der Waals surface area contributed by atoms with Crippen molar-refractivity contribution in [3.8, 4) is 0 Å². The van der Waals surface area contributed by atoms with Gasteiger partial charge in [-0.2, -0.15) is 11.8 Å². The molecule has 3 rings (SSSR count). The van der Waals surface area contributed by atoms with Gasteiger partial charge in [0.1, 0.15) is 11.1 Å². The van der Waals surface area contributed by atoms with Crippen LogP contribution < -0.4 is 5.32 Å². The fourth-order valence-corrected chi connectivity index (χ4v) is 4.43. The first kappa shape index (κ1) is 13.9. The molecule has 1 saturated heterocycles. The average molecular weight is 298 g/mol. The fraction of sp³-hybridized carbons (Fsp3) is 0.786. The molecule has 1 atom stereocenters. The van der Waals surface area contributed by atoms with E-state index >= 15 is 0 Å². The predicted octanol–water partition coefficient (Wildman–Crippen LogP) is 3.32. The Labute approximate surface area is 123 Å². The quantitative estimate of drug-likeness (QED) is 0.904. The van der Waals surface area contributed by atoms with E-state index in [9.17, 15) is 0 Å². The third kappa shape index (κ3) is 3.51. The lowest BCUT2D eigenvalue weighted by Gasteiger charge is -2.19. The molecule has 19 heavy (non-hydrogen) atoms. The van der Waals surface area contributed by atoms with E-state index in [4.69, 9.17) is 9.72 Å². The first-order valence-electron chi connectivity index (χ1n) is 7.16. The molecule has 0 aromatic carbocycles. The number of rotatable bonds is 5. The van der Waals surface area contributed by atoms with Crippen LogP contribution in [0.3, 0.4) is 0 Å². The number of aromatic nitrogens is 1. The molecule has 106 valence electrons. The van der Waals surface area contributed by atoms with E-state index < -0.39 is 0 Å². The van der Waals surface area contributed by atoms with E-state index in [0.717, 1.165) is 30.7 Å². The van der Waals surface area contributed by atoms with Crippen molar-refractivity contribution in [2.75, 3.05) is 18.1 Å². The zero-order valence-corrected chi connectivity index (χ0v) is 13.3. The van der Waals surface area contributed by atoms with Crippen molar-refractivity contribution in [3.05, 3.63) is 15.6 Å². The van der Waals surface area contributed by atoms with Gasteiger partial charge in [-0.25, -0.2) is 4.98 Å². The Morgan fingerprint density at radius 2 is 2.26 bits per heavy atom. The van der Waals surface area contributed by atoms with Gasteiger partial charge < -0.3 is 10.1 Å². The Morgan fingerprint density at radius 1 is 1.42 bits per heavy atom. The lowest BCUT2D eigenvalue weighted by atomic mass is 10.1. The van der Waals surface area contributed by atoms with Crippen LogP contribution >= 0.6 is 23.1 Å². The van der Waals surface area contributed by atoms with Crippen molar-refractivity contribution in [1.29, 1.82) is 0 Å². The van der Waals surface area contributed by atoms with Crippen LogP contribution in [0.5, 0.6) is 0 Å². The van der Waals surface area contributed by atoms with Gasteiger partial charge >= 0.3 is 0 Å². The van der Waals surface area contributed by atoms with Crippen molar-refractivity contribution < 1.29 is 4.74 Å². The third-order valence-electron chi connectivity index (χ3n) is 3.51. The van der Waals surface area contributed by atoms with E-state index in [1.54, 1.807) is 0 Å². The molecule has 0 amide bonds.